The summed E-state index contributed by atoms with van der Waals surface area (Å²) in [7, 11) is 0. The SMILES string of the molecule is O=c1c2ccnn2ccn1CC(O)CO. The summed E-state index contributed by atoms with van der Waals surface area (Å²) in [5.41, 5.74) is 0.213. The number of rotatable bonds is 3. The molecule has 2 rings (SSSR count). The lowest BCUT2D eigenvalue weighted by Gasteiger charge is -2.09. The molecule has 0 fully saturated rings. The lowest BCUT2D eigenvalue weighted by molar-refractivity contribution is 0.0804. The molecular formula is C9H11N3O3. The molecule has 2 aromatic rings. The molecule has 15 heavy (non-hydrogen) atoms. The fraction of sp³-hybridized carbons (Fsp3) is 0.333. The van der Waals surface area contributed by atoms with E-state index >= 15 is 0 Å². The first-order chi connectivity index (χ1) is 7.22. The van der Waals surface area contributed by atoms with Gasteiger partial charge >= 0.3 is 0 Å². The Balaban J connectivity index is 2.44. The van der Waals surface area contributed by atoms with Crippen LogP contribution in [0.4, 0.5) is 0 Å². The number of aromatic nitrogens is 3. The molecule has 2 aromatic heterocycles. The minimum absolute atomic E-state index is 0.0804. The third kappa shape index (κ3) is 1.77. The number of aliphatic hydroxyl groups excluding tert-OH is 2. The molecule has 2 heterocycles. The number of hydrogen-bond donors (Lipinski definition) is 2. The van der Waals surface area contributed by atoms with Crippen molar-refractivity contribution in [2.24, 2.45) is 0 Å². The molecule has 0 amide bonds. The Morgan fingerprint density at radius 2 is 2.27 bits per heavy atom. The van der Waals surface area contributed by atoms with Crippen LogP contribution in [0.25, 0.3) is 5.52 Å². The highest BCUT2D eigenvalue weighted by Gasteiger charge is 2.07. The molecule has 2 N–H and O–H groups in total. The first-order valence-electron chi connectivity index (χ1n) is 4.54. The molecule has 0 bridgehead atoms. The van der Waals surface area contributed by atoms with E-state index in [0.29, 0.717) is 5.52 Å². The Hall–Kier alpha value is -1.66. The molecule has 0 aromatic carbocycles. The van der Waals surface area contributed by atoms with E-state index in [9.17, 15) is 9.90 Å². The topological polar surface area (TPSA) is 79.8 Å². The van der Waals surface area contributed by atoms with Crippen molar-refractivity contribution >= 4 is 5.52 Å². The largest absolute Gasteiger partial charge is 0.394 e. The van der Waals surface area contributed by atoms with Crippen molar-refractivity contribution in [1.29, 1.82) is 0 Å². The van der Waals surface area contributed by atoms with Gasteiger partial charge in [0.1, 0.15) is 5.52 Å². The second-order valence-electron chi connectivity index (χ2n) is 3.25. The minimum atomic E-state index is -0.923. The van der Waals surface area contributed by atoms with Crippen LogP contribution >= 0.6 is 0 Å². The number of aliphatic hydroxyl groups is 2. The molecule has 6 heteroatoms. The fourth-order valence-corrected chi connectivity index (χ4v) is 1.39. The summed E-state index contributed by atoms with van der Waals surface area (Å²) in [5, 5.41) is 21.8. The predicted octanol–water partition coefficient (Wildman–Crippen LogP) is -1.15. The van der Waals surface area contributed by atoms with Crippen LogP contribution in [0.15, 0.2) is 29.5 Å². The lowest BCUT2D eigenvalue weighted by atomic mass is 10.3. The van der Waals surface area contributed by atoms with E-state index in [4.69, 9.17) is 5.11 Å². The van der Waals surface area contributed by atoms with Crippen LogP contribution in [0.3, 0.4) is 0 Å². The summed E-state index contributed by atoms with van der Waals surface area (Å²) in [4.78, 5) is 11.8. The van der Waals surface area contributed by atoms with Gasteiger partial charge in [0, 0.05) is 12.4 Å². The Kier molecular flexibility index (Phi) is 2.53. The highest BCUT2D eigenvalue weighted by Crippen LogP contribution is 1.95. The van der Waals surface area contributed by atoms with E-state index in [2.05, 4.69) is 5.10 Å². The van der Waals surface area contributed by atoms with Crippen LogP contribution in [0.5, 0.6) is 0 Å². The summed E-state index contributed by atoms with van der Waals surface area (Å²) in [6.07, 6.45) is 3.76. The average Bonchev–Trinajstić information content (AvgIpc) is 2.70. The van der Waals surface area contributed by atoms with Gasteiger partial charge in [0.15, 0.2) is 0 Å². The van der Waals surface area contributed by atoms with Crippen LogP contribution < -0.4 is 5.56 Å². The Morgan fingerprint density at radius 3 is 3.00 bits per heavy atom. The molecule has 0 aliphatic carbocycles. The van der Waals surface area contributed by atoms with Crippen LogP contribution in [-0.4, -0.2) is 37.1 Å². The van der Waals surface area contributed by atoms with Crippen LogP contribution in [-0.2, 0) is 6.54 Å². The smallest absolute Gasteiger partial charge is 0.276 e. The molecule has 80 valence electrons. The van der Waals surface area contributed by atoms with Crippen molar-refractivity contribution in [2.45, 2.75) is 12.6 Å². The zero-order valence-electron chi connectivity index (χ0n) is 7.95. The molecule has 0 spiro atoms. The van der Waals surface area contributed by atoms with E-state index in [1.165, 1.54) is 21.5 Å². The summed E-state index contributed by atoms with van der Waals surface area (Å²) >= 11 is 0. The molecule has 0 aliphatic rings. The third-order valence-electron chi connectivity index (χ3n) is 2.16. The van der Waals surface area contributed by atoms with Crippen LogP contribution in [0.1, 0.15) is 0 Å². The molecule has 1 atom stereocenters. The van der Waals surface area contributed by atoms with Crippen molar-refractivity contribution < 1.29 is 10.2 Å². The summed E-state index contributed by atoms with van der Waals surface area (Å²) in [6, 6.07) is 1.60. The van der Waals surface area contributed by atoms with Gasteiger partial charge in [-0.2, -0.15) is 5.10 Å². The van der Waals surface area contributed by atoms with Crippen LogP contribution in [0, 0.1) is 0 Å². The average molecular weight is 209 g/mol. The van der Waals surface area contributed by atoms with Crippen molar-refractivity contribution in [3.63, 3.8) is 0 Å². The van der Waals surface area contributed by atoms with Gasteiger partial charge in [-0.15, -0.1) is 0 Å². The standard InChI is InChI=1S/C9H11N3O3/c13-6-7(14)5-11-3-4-12-8(9(11)15)1-2-10-12/h1-4,7,13-14H,5-6H2. The lowest BCUT2D eigenvalue weighted by Crippen LogP contribution is -2.29. The second-order valence-corrected chi connectivity index (χ2v) is 3.25. The molecule has 0 aliphatic heterocycles. The highest BCUT2D eigenvalue weighted by atomic mass is 16.3. The summed E-state index contributed by atoms with van der Waals surface area (Å²) in [5.74, 6) is 0. The van der Waals surface area contributed by atoms with E-state index in [1.807, 2.05) is 0 Å². The van der Waals surface area contributed by atoms with Gasteiger partial charge in [-0.05, 0) is 6.07 Å². The second kappa shape index (κ2) is 3.84. The quantitative estimate of drug-likeness (QED) is 0.669. The first-order valence-corrected chi connectivity index (χ1v) is 4.54. The van der Waals surface area contributed by atoms with Crippen molar-refractivity contribution in [2.75, 3.05) is 6.61 Å². The molecule has 0 saturated carbocycles. The third-order valence-corrected chi connectivity index (χ3v) is 2.16. The fourth-order valence-electron chi connectivity index (χ4n) is 1.39. The normalized spacial score (nSPS) is 13.2. The van der Waals surface area contributed by atoms with E-state index < -0.39 is 6.10 Å². The van der Waals surface area contributed by atoms with Gasteiger partial charge in [0.25, 0.3) is 5.56 Å². The number of fused-ring (bicyclic) bond motifs is 1. The highest BCUT2D eigenvalue weighted by molar-refractivity contribution is 5.42. The van der Waals surface area contributed by atoms with Crippen molar-refractivity contribution in [3.8, 4) is 0 Å². The summed E-state index contributed by atoms with van der Waals surface area (Å²) in [6.45, 7) is -0.284. The maximum absolute atomic E-state index is 11.8. The summed E-state index contributed by atoms with van der Waals surface area (Å²) < 4.78 is 2.81. The monoisotopic (exact) mass is 209 g/mol. The zero-order valence-corrected chi connectivity index (χ0v) is 7.95. The molecule has 0 radical (unpaired) electrons. The Morgan fingerprint density at radius 1 is 1.47 bits per heavy atom. The zero-order chi connectivity index (χ0) is 10.8. The molecule has 6 nitrogen and oxygen atoms in total. The Bertz CT molecular complexity index is 517. The van der Waals surface area contributed by atoms with E-state index in [0.717, 1.165) is 0 Å². The number of hydrogen-bond acceptors (Lipinski definition) is 4. The van der Waals surface area contributed by atoms with Gasteiger partial charge in [0.2, 0.25) is 0 Å². The maximum Gasteiger partial charge on any atom is 0.276 e. The van der Waals surface area contributed by atoms with Gasteiger partial charge in [0.05, 0.1) is 25.5 Å². The minimum Gasteiger partial charge on any atom is -0.394 e. The predicted molar refractivity (Wildman–Crippen MR) is 52.5 cm³/mol. The van der Waals surface area contributed by atoms with Crippen molar-refractivity contribution in [3.05, 3.63) is 35.0 Å². The Labute approximate surface area is 85.0 Å². The maximum atomic E-state index is 11.8. The van der Waals surface area contributed by atoms with Gasteiger partial charge in [-0.1, -0.05) is 0 Å². The molecule has 0 saturated heterocycles. The first kappa shape index (κ1) is 9.88. The molecular weight excluding hydrogens is 198 g/mol. The molecule has 1 unspecified atom stereocenters. The van der Waals surface area contributed by atoms with E-state index in [-0.39, 0.29) is 18.7 Å². The van der Waals surface area contributed by atoms with E-state index in [1.54, 1.807) is 12.3 Å². The van der Waals surface area contributed by atoms with Crippen molar-refractivity contribution in [1.82, 2.24) is 14.2 Å². The van der Waals surface area contributed by atoms with Gasteiger partial charge < -0.3 is 14.8 Å². The van der Waals surface area contributed by atoms with Gasteiger partial charge in [-0.3, -0.25) is 4.79 Å². The number of nitrogens with zero attached hydrogens (tertiary/aromatic N) is 3. The van der Waals surface area contributed by atoms with Gasteiger partial charge in [-0.25, -0.2) is 4.52 Å². The van der Waals surface area contributed by atoms with Crippen LogP contribution in [0.2, 0.25) is 0 Å².